The Hall–Kier alpha value is -1.64. The Bertz CT molecular complexity index is 772. The second-order valence-electron chi connectivity index (χ2n) is 6.18. The van der Waals surface area contributed by atoms with Gasteiger partial charge in [0.25, 0.3) is 0 Å². The van der Waals surface area contributed by atoms with Gasteiger partial charge in [0, 0.05) is 36.2 Å². The van der Waals surface area contributed by atoms with Crippen molar-refractivity contribution in [2.75, 3.05) is 18.3 Å². The number of hydrogen-bond acceptors (Lipinski definition) is 4. The van der Waals surface area contributed by atoms with E-state index in [-0.39, 0.29) is 12.4 Å². The molecular formula is C20H24BrFN2O3S. The van der Waals surface area contributed by atoms with Crippen LogP contribution in [0.5, 0.6) is 0 Å². The van der Waals surface area contributed by atoms with Crippen LogP contribution in [0.4, 0.5) is 4.39 Å². The van der Waals surface area contributed by atoms with E-state index in [1.54, 1.807) is 12.5 Å². The number of aromatic nitrogens is 1. The highest BCUT2D eigenvalue weighted by molar-refractivity contribution is 9.09. The van der Waals surface area contributed by atoms with Crippen LogP contribution < -0.4 is 4.72 Å². The van der Waals surface area contributed by atoms with Crippen molar-refractivity contribution in [2.45, 2.75) is 31.9 Å². The number of ether oxygens (including phenoxy) is 1. The lowest BCUT2D eigenvalue weighted by molar-refractivity contribution is -0.150. The SMILES string of the molecule is CS(=O)NCc1ccc(-c2ccc(C(CCF)OC(=O)CCCBr)cc2)cn1. The molecule has 0 radical (unpaired) electrons. The van der Waals surface area contributed by atoms with Crippen LogP contribution in [0.2, 0.25) is 0 Å². The zero-order chi connectivity index (χ0) is 20.4. The van der Waals surface area contributed by atoms with Gasteiger partial charge in [-0.3, -0.25) is 14.2 Å². The fourth-order valence-corrected chi connectivity index (χ4v) is 3.22. The lowest BCUT2D eigenvalue weighted by Crippen LogP contribution is -2.15. The van der Waals surface area contributed by atoms with E-state index in [0.717, 1.165) is 27.7 Å². The first kappa shape index (κ1) is 22.6. The normalized spacial score (nSPS) is 13.1. The highest BCUT2D eigenvalue weighted by Crippen LogP contribution is 2.26. The molecule has 0 aliphatic heterocycles. The molecule has 1 N–H and O–H groups in total. The van der Waals surface area contributed by atoms with Crippen molar-refractivity contribution in [3.8, 4) is 11.1 Å². The topological polar surface area (TPSA) is 68.3 Å². The number of carbonyl (C=O) groups excluding carboxylic acids is 1. The number of esters is 1. The quantitative estimate of drug-likeness (QED) is 0.393. The van der Waals surface area contributed by atoms with Crippen molar-refractivity contribution in [3.05, 3.63) is 53.9 Å². The molecular weight excluding hydrogens is 447 g/mol. The molecule has 2 aromatic rings. The average molecular weight is 471 g/mol. The molecule has 152 valence electrons. The van der Waals surface area contributed by atoms with Crippen molar-refractivity contribution in [1.82, 2.24) is 9.71 Å². The summed E-state index contributed by atoms with van der Waals surface area (Å²) in [4.78, 5) is 16.2. The molecule has 5 nitrogen and oxygen atoms in total. The average Bonchev–Trinajstić information content (AvgIpc) is 2.71. The minimum Gasteiger partial charge on any atom is -0.457 e. The van der Waals surface area contributed by atoms with Crippen LogP contribution in [-0.2, 0) is 27.1 Å². The summed E-state index contributed by atoms with van der Waals surface area (Å²) in [6, 6.07) is 11.3. The zero-order valence-corrected chi connectivity index (χ0v) is 18.1. The molecule has 28 heavy (non-hydrogen) atoms. The van der Waals surface area contributed by atoms with Crippen molar-refractivity contribution in [1.29, 1.82) is 0 Å². The molecule has 0 saturated carbocycles. The van der Waals surface area contributed by atoms with Gasteiger partial charge in [0.1, 0.15) is 6.10 Å². The molecule has 0 amide bonds. The van der Waals surface area contributed by atoms with Crippen LogP contribution >= 0.6 is 15.9 Å². The third-order valence-electron chi connectivity index (χ3n) is 4.06. The summed E-state index contributed by atoms with van der Waals surface area (Å²) in [6.45, 7) is -0.117. The molecule has 0 bridgehead atoms. The monoisotopic (exact) mass is 470 g/mol. The molecule has 2 unspecified atom stereocenters. The van der Waals surface area contributed by atoms with Gasteiger partial charge in [-0.25, -0.2) is 8.93 Å². The summed E-state index contributed by atoms with van der Waals surface area (Å²) < 4.78 is 32.2. The number of pyridine rings is 1. The van der Waals surface area contributed by atoms with E-state index < -0.39 is 23.8 Å². The summed E-state index contributed by atoms with van der Waals surface area (Å²) in [7, 11) is -1.08. The fourth-order valence-electron chi connectivity index (χ4n) is 2.59. The molecule has 8 heteroatoms. The number of nitrogens with one attached hydrogen (secondary N) is 1. The molecule has 0 aliphatic rings. The van der Waals surface area contributed by atoms with Gasteiger partial charge >= 0.3 is 5.97 Å². The van der Waals surface area contributed by atoms with Crippen LogP contribution in [0.1, 0.15) is 36.6 Å². The number of alkyl halides is 2. The molecule has 2 rings (SSSR count). The Balaban J connectivity index is 2.05. The Morgan fingerprint density at radius 3 is 2.54 bits per heavy atom. The number of benzene rings is 1. The predicted molar refractivity (Wildman–Crippen MR) is 113 cm³/mol. The van der Waals surface area contributed by atoms with E-state index >= 15 is 0 Å². The van der Waals surface area contributed by atoms with Crippen LogP contribution in [0.25, 0.3) is 11.1 Å². The van der Waals surface area contributed by atoms with Crippen molar-refractivity contribution >= 4 is 32.9 Å². The predicted octanol–water partition coefficient (Wildman–Crippen LogP) is 4.25. The van der Waals surface area contributed by atoms with E-state index in [2.05, 4.69) is 25.6 Å². The Kier molecular flexibility index (Phi) is 9.73. The first-order valence-corrected chi connectivity index (χ1v) is 11.6. The Morgan fingerprint density at radius 2 is 1.96 bits per heavy atom. The molecule has 2 atom stereocenters. The Morgan fingerprint density at radius 1 is 1.25 bits per heavy atom. The molecule has 0 saturated heterocycles. The maximum absolute atomic E-state index is 12.9. The van der Waals surface area contributed by atoms with E-state index in [4.69, 9.17) is 4.74 Å². The lowest BCUT2D eigenvalue weighted by Gasteiger charge is -2.17. The second-order valence-corrected chi connectivity index (χ2v) is 8.17. The number of halogens is 2. The second kappa shape index (κ2) is 12.0. The molecule has 1 aromatic carbocycles. The van der Waals surface area contributed by atoms with Gasteiger partial charge in [-0.2, -0.15) is 0 Å². The van der Waals surface area contributed by atoms with Crippen LogP contribution in [-0.4, -0.2) is 33.4 Å². The van der Waals surface area contributed by atoms with E-state index in [0.29, 0.717) is 19.4 Å². The first-order chi connectivity index (χ1) is 13.5. The first-order valence-electron chi connectivity index (χ1n) is 8.97. The standard InChI is InChI=1S/C20H24BrFN2O3S/c1-28(26)24-14-18-9-8-17(13-23-18)15-4-6-16(7-5-15)19(10-12-22)27-20(25)3-2-11-21/h4-9,13,19,24H,2-3,10-12,14H2,1H3. The summed E-state index contributed by atoms with van der Waals surface area (Å²) in [5.41, 5.74) is 3.46. The van der Waals surface area contributed by atoms with Gasteiger partial charge in [0.15, 0.2) is 0 Å². The number of rotatable bonds is 11. The van der Waals surface area contributed by atoms with E-state index in [9.17, 15) is 13.4 Å². The molecule has 0 fully saturated rings. The van der Waals surface area contributed by atoms with Gasteiger partial charge in [0.2, 0.25) is 0 Å². The van der Waals surface area contributed by atoms with Gasteiger partial charge in [-0.05, 0) is 23.6 Å². The maximum Gasteiger partial charge on any atom is 0.306 e. The highest BCUT2D eigenvalue weighted by atomic mass is 79.9. The minimum absolute atomic E-state index is 0.140. The minimum atomic E-state index is -1.08. The third kappa shape index (κ3) is 7.41. The smallest absolute Gasteiger partial charge is 0.306 e. The Labute approximate surface area is 175 Å². The van der Waals surface area contributed by atoms with Crippen molar-refractivity contribution in [3.63, 3.8) is 0 Å². The summed E-state index contributed by atoms with van der Waals surface area (Å²) in [5, 5.41) is 0.726. The van der Waals surface area contributed by atoms with Crippen LogP contribution in [0.3, 0.4) is 0 Å². The summed E-state index contributed by atoms with van der Waals surface area (Å²) in [5.74, 6) is -0.316. The van der Waals surface area contributed by atoms with Crippen LogP contribution in [0.15, 0.2) is 42.6 Å². The van der Waals surface area contributed by atoms with Crippen LogP contribution in [0, 0.1) is 0 Å². The maximum atomic E-state index is 12.9. The number of nitrogens with zero attached hydrogens (tertiary/aromatic N) is 1. The van der Waals surface area contributed by atoms with Gasteiger partial charge < -0.3 is 4.74 Å². The molecule has 1 heterocycles. The molecule has 0 aliphatic carbocycles. The van der Waals surface area contributed by atoms with Gasteiger partial charge in [0.05, 0.1) is 29.9 Å². The summed E-state index contributed by atoms with van der Waals surface area (Å²) in [6.07, 6.45) is 3.89. The fraction of sp³-hybridized carbons (Fsp3) is 0.400. The van der Waals surface area contributed by atoms with Crippen molar-refractivity contribution < 1.29 is 18.1 Å². The lowest BCUT2D eigenvalue weighted by atomic mass is 10.0. The van der Waals surface area contributed by atoms with E-state index in [1.165, 1.54) is 0 Å². The number of hydrogen-bond donors (Lipinski definition) is 1. The van der Waals surface area contributed by atoms with Gasteiger partial charge in [-0.15, -0.1) is 0 Å². The zero-order valence-electron chi connectivity index (χ0n) is 15.7. The van der Waals surface area contributed by atoms with Crippen molar-refractivity contribution in [2.24, 2.45) is 0 Å². The summed E-state index contributed by atoms with van der Waals surface area (Å²) >= 11 is 3.28. The van der Waals surface area contributed by atoms with Gasteiger partial charge in [-0.1, -0.05) is 46.3 Å². The molecule has 0 spiro atoms. The third-order valence-corrected chi connectivity index (χ3v) is 5.17. The number of carbonyl (C=O) groups is 1. The molecule has 1 aromatic heterocycles. The largest absolute Gasteiger partial charge is 0.457 e. The highest BCUT2D eigenvalue weighted by Gasteiger charge is 2.16. The van der Waals surface area contributed by atoms with E-state index in [1.807, 2.05) is 36.4 Å².